The van der Waals surface area contributed by atoms with E-state index < -0.39 is 5.41 Å². The Morgan fingerprint density at radius 1 is 1.33 bits per heavy atom. The van der Waals surface area contributed by atoms with Crippen molar-refractivity contribution >= 4 is 29.3 Å². The van der Waals surface area contributed by atoms with Gasteiger partial charge in [-0.2, -0.15) is 0 Å². The normalized spacial score (nSPS) is 13.1. The van der Waals surface area contributed by atoms with Crippen LogP contribution in [-0.2, 0) is 4.79 Å². The fourth-order valence-corrected chi connectivity index (χ4v) is 2.76. The number of ether oxygens (including phenoxy) is 1. The van der Waals surface area contributed by atoms with E-state index >= 15 is 0 Å². The molecule has 1 aromatic carbocycles. The number of hydrogen-bond donors (Lipinski definition) is 1. The van der Waals surface area contributed by atoms with Crippen molar-refractivity contribution in [1.82, 2.24) is 4.98 Å². The Morgan fingerprint density at radius 3 is 2.71 bits per heavy atom. The van der Waals surface area contributed by atoms with E-state index in [-0.39, 0.29) is 11.3 Å². The Bertz CT molecular complexity index is 913. The molecule has 0 atom stereocenters. The Balaban J connectivity index is 2.46. The average molecular weight is 343 g/mol. The number of aromatic nitrogens is 1. The van der Waals surface area contributed by atoms with Gasteiger partial charge in [-0.25, -0.2) is 0 Å². The summed E-state index contributed by atoms with van der Waals surface area (Å²) in [4.78, 5) is 26.9. The van der Waals surface area contributed by atoms with Crippen molar-refractivity contribution in [1.29, 1.82) is 0 Å². The van der Waals surface area contributed by atoms with Crippen molar-refractivity contribution in [3.8, 4) is 5.75 Å². The number of carbonyl (C=O) groups excluding carboxylic acids is 1. The van der Waals surface area contributed by atoms with Gasteiger partial charge in [-0.15, -0.1) is 11.3 Å². The van der Waals surface area contributed by atoms with E-state index in [9.17, 15) is 9.59 Å². The number of aromatic amines is 1. The number of ketones is 1. The van der Waals surface area contributed by atoms with Crippen LogP contribution in [0.25, 0.3) is 12.2 Å². The summed E-state index contributed by atoms with van der Waals surface area (Å²) in [5.41, 5.74) is 0.113. The predicted molar refractivity (Wildman–Crippen MR) is 98.8 cm³/mol. The van der Waals surface area contributed by atoms with Crippen LogP contribution in [0.4, 0.5) is 0 Å². The predicted octanol–water partition coefficient (Wildman–Crippen LogP) is 2.23. The molecule has 5 heteroatoms. The molecule has 0 bridgehead atoms. The number of hydrogen-bond acceptors (Lipinski definition) is 4. The molecule has 4 nitrogen and oxygen atoms in total. The summed E-state index contributed by atoms with van der Waals surface area (Å²) in [5, 5.41) is 0. The first-order valence-electron chi connectivity index (χ1n) is 7.61. The SMILES string of the molecule is C=CCOc1ccccc1C=c1sc(=CC(=O)C(C)(C)C)[nH]c1=O. The summed E-state index contributed by atoms with van der Waals surface area (Å²) in [6.45, 7) is 9.56. The van der Waals surface area contributed by atoms with Crippen LogP contribution in [-0.4, -0.2) is 17.4 Å². The van der Waals surface area contributed by atoms with Gasteiger partial charge in [-0.3, -0.25) is 9.59 Å². The van der Waals surface area contributed by atoms with Gasteiger partial charge in [0.2, 0.25) is 0 Å². The molecule has 0 saturated carbocycles. The summed E-state index contributed by atoms with van der Waals surface area (Å²) in [5.74, 6) is 0.655. The molecule has 0 unspecified atom stereocenters. The molecule has 0 aliphatic carbocycles. The first-order valence-corrected chi connectivity index (χ1v) is 8.42. The van der Waals surface area contributed by atoms with Gasteiger partial charge in [0.05, 0.1) is 9.20 Å². The number of para-hydroxylation sites is 1. The zero-order valence-corrected chi connectivity index (χ0v) is 14.9. The van der Waals surface area contributed by atoms with Gasteiger partial charge in [0.1, 0.15) is 12.4 Å². The third-order valence-electron chi connectivity index (χ3n) is 3.24. The number of benzene rings is 1. The van der Waals surface area contributed by atoms with Crippen LogP contribution in [0.1, 0.15) is 26.3 Å². The van der Waals surface area contributed by atoms with E-state index in [1.54, 1.807) is 12.2 Å². The van der Waals surface area contributed by atoms with Crippen LogP contribution in [0.5, 0.6) is 5.75 Å². The second-order valence-electron chi connectivity index (χ2n) is 6.33. The maximum absolute atomic E-state index is 12.1. The second kappa shape index (κ2) is 7.45. The summed E-state index contributed by atoms with van der Waals surface area (Å²) in [7, 11) is 0. The molecule has 0 radical (unpaired) electrons. The Hall–Kier alpha value is -2.40. The molecule has 0 fully saturated rings. The molecule has 24 heavy (non-hydrogen) atoms. The lowest BCUT2D eigenvalue weighted by Crippen LogP contribution is -2.22. The van der Waals surface area contributed by atoms with E-state index in [1.165, 1.54) is 17.4 Å². The van der Waals surface area contributed by atoms with Gasteiger partial charge in [0.25, 0.3) is 5.56 Å². The molecule has 1 heterocycles. The van der Waals surface area contributed by atoms with E-state index in [2.05, 4.69) is 11.6 Å². The fourth-order valence-electron chi connectivity index (χ4n) is 1.88. The van der Waals surface area contributed by atoms with Crippen molar-refractivity contribution in [3.63, 3.8) is 0 Å². The summed E-state index contributed by atoms with van der Waals surface area (Å²) >= 11 is 1.26. The molecule has 2 rings (SSSR count). The van der Waals surface area contributed by atoms with Crippen LogP contribution < -0.4 is 19.5 Å². The molecule has 0 spiro atoms. The number of nitrogens with one attached hydrogen (secondary N) is 1. The number of Topliss-reactive ketones (excluding diaryl/α,β-unsaturated/α-hetero) is 1. The minimum Gasteiger partial charge on any atom is -0.489 e. The maximum Gasteiger partial charge on any atom is 0.266 e. The summed E-state index contributed by atoms with van der Waals surface area (Å²) in [6, 6.07) is 7.47. The Morgan fingerprint density at radius 2 is 2.04 bits per heavy atom. The molecule has 1 N–H and O–H groups in total. The molecular weight excluding hydrogens is 322 g/mol. The van der Waals surface area contributed by atoms with Crippen molar-refractivity contribution in [2.75, 3.05) is 6.61 Å². The molecule has 2 aromatic rings. The minimum absolute atomic E-state index is 0.0266. The highest BCUT2D eigenvalue weighted by molar-refractivity contribution is 7.07. The van der Waals surface area contributed by atoms with Crippen LogP contribution in [0.15, 0.2) is 41.7 Å². The highest BCUT2D eigenvalue weighted by atomic mass is 32.1. The molecule has 1 aromatic heterocycles. The highest BCUT2D eigenvalue weighted by Crippen LogP contribution is 2.18. The summed E-state index contributed by atoms with van der Waals surface area (Å²) in [6.07, 6.45) is 4.92. The molecule has 126 valence electrons. The standard InChI is InChI=1S/C19H21NO3S/c1-5-10-23-14-9-7-6-8-13(14)11-15-18(22)20-17(24-15)12-16(21)19(2,3)4/h5-9,11-12H,1,10H2,2-4H3,(H,20,22). The van der Waals surface area contributed by atoms with Gasteiger partial charge >= 0.3 is 0 Å². The fraction of sp³-hybridized carbons (Fsp3) is 0.263. The van der Waals surface area contributed by atoms with Crippen LogP contribution >= 0.6 is 11.3 Å². The Kier molecular flexibility index (Phi) is 5.57. The van der Waals surface area contributed by atoms with Crippen LogP contribution in [0, 0.1) is 5.41 Å². The average Bonchev–Trinajstić information content (AvgIpc) is 2.85. The van der Waals surface area contributed by atoms with Crippen molar-refractivity contribution in [2.45, 2.75) is 20.8 Å². The smallest absolute Gasteiger partial charge is 0.266 e. The van der Waals surface area contributed by atoms with Crippen LogP contribution in [0.2, 0.25) is 0 Å². The highest BCUT2D eigenvalue weighted by Gasteiger charge is 2.18. The molecular formula is C19H21NO3S. The number of rotatable bonds is 5. The van der Waals surface area contributed by atoms with Crippen molar-refractivity contribution in [3.05, 3.63) is 62.0 Å². The lowest BCUT2D eigenvalue weighted by Gasteiger charge is -2.12. The maximum atomic E-state index is 12.1. The first kappa shape index (κ1) is 17.9. The molecule has 0 amide bonds. The van der Waals surface area contributed by atoms with Gasteiger partial charge in [-0.1, -0.05) is 51.6 Å². The number of thiazole rings is 1. The molecule has 0 aliphatic heterocycles. The first-order chi connectivity index (χ1) is 11.3. The zero-order chi connectivity index (χ0) is 17.7. The van der Waals surface area contributed by atoms with Gasteiger partial charge in [0.15, 0.2) is 5.78 Å². The minimum atomic E-state index is -0.476. The molecule has 0 aliphatic rings. The summed E-state index contributed by atoms with van der Waals surface area (Å²) < 4.78 is 6.67. The lowest BCUT2D eigenvalue weighted by molar-refractivity contribution is -0.119. The zero-order valence-electron chi connectivity index (χ0n) is 14.1. The van der Waals surface area contributed by atoms with Crippen LogP contribution in [0.3, 0.4) is 0 Å². The van der Waals surface area contributed by atoms with Gasteiger partial charge in [-0.05, 0) is 12.1 Å². The number of carbonyl (C=O) groups is 1. The van der Waals surface area contributed by atoms with Crippen molar-refractivity contribution < 1.29 is 9.53 Å². The van der Waals surface area contributed by atoms with E-state index in [0.29, 0.717) is 21.6 Å². The monoisotopic (exact) mass is 343 g/mol. The van der Waals surface area contributed by atoms with E-state index in [1.807, 2.05) is 45.0 Å². The van der Waals surface area contributed by atoms with E-state index in [0.717, 1.165) is 5.56 Å². The largest absolute Gasteiger partial charge is 0.489 e. The second-order valence-corrected chi connectivity index (χ2v) is 7.41. The Labute approximate surface area is 144 Å². The molecule has 0 saturated heterocycles. The van der Waals surface area contributed by atoms with Crippen molar-refractivity contribution in [2.24, 2.45) is 5.41 Å². The lowest BCUT2D eigenvalue weighted by atomic mass is 9.91. The van der Waals surface area contributed by atoms with Gasteiger partial charge < -0.3 is 9.72 Å². The number of H-pyrrole nitrogens is 1. The quantitative estimate of drug-likeness (QED) is 0.847. The third-order valence-corrected chi connectivity index (χ3v) is 4.21. The third kappa shape index (κ3) is 4.55. The van der Waals surface area contributed by atoms with E-state index in [4.69, 9.17) is 4.74 Å². The van der Waals surface area contributed by atoms with Gasteiger partial charge in [0, 0.05) is 17.1 Å². The topological polar surface area (TPSA) is 59.2 Å².